The Labute approximate surface area is 184 Å². The molecular weight excluding hydrogens is 414 g/mol. The summed E-state index contributed by atoms with van der Waals surface area (Å²) in [4.78, 5) is 17.3. The Morgan fingerprint density at radius 3 is 2.16 bits per heavy atom. The van der Waals surface area contributed by atoms with Crippen LogP contribution in [0.15, 0.2) is 71.3 Å². The normalized spacial score (nSPS) is 19.0. The Bertz CT molecular complexity index is 1130. The van der Waals surface area contributed by atoms with Crippen molar-refractivity contribution in [2.24, 2.45) is 5.73 Å². The molecule has 1 unspecified atom stereocenters. The van der Waals surface area contributed by atoms with E-state index in [9.17, 15) is 18.8 Å². The Morgan fingerprint density at radius 2 is 1.59 bits per heavy atom. The Hall–Kier alpha value is -3.86. The van der Waals surface area contributed by atoms with Gasteiger partial charge in [-0.3, -0.25) is 4.79 Å². The van der Waals surface area contributed by atoms with Crippen LogP contribution < -0.4 is 10.6 Å². The number of carbonyl (C=O) groups is 1. The van der Waals surface area contributed by atoms with Crippen LogP contribution in [0.25, 0.3) is 0 Å². The number of piperazine rings is 1. The number of ether oxygens (including phenoxy) is 1. The van der Waals surface area contributed by atoms with E-state index in [0.717, 1.165) is 5.69 Å². The summed E-state index contributed by atoms with van der Waals surface area (Å²) in [5, 5.41) is 9.70. The van der Waals surface area contributed by atoms with Crippen molar-refractivity contribution in [3.05, 3.63) is 88.5 Å². The standard InChI is InChI=1S/C24H22F2N4O2/c1-15-21(22(20(14-27)23(28)32-15)16-2-4-17(25)5-3-16)24(31)30-12-10-29(11-13-30)19-8-6-18(26)7-9-19/h2-9,22H,10-13,28H2,1H3. The van der Waals surface area contributed by atoms with Crippen LogP contribution in [0, 0.1) is 23.0 Å². The van der Waals surface area contributed by atoms with Gasteiger partial charge < -0.3 is 20.3 Å². The quantitative estimate of drug-likeness (QED) is 0.798. The Balaban J connectivity index is 1.58. The summed E-state index contributed by atoms with van der Waals surface area (Å²) in [6.45, 7) is 3.69. The van der Waals surface area contributed by atoms with Crippen LogP contribution in [0.5, 0.6) is 0 Å². The Morgan fingerprint density at radius 1 is 1.03 bits per heavy atom. The van der Waals surface area contributed by atoms with Gasteiger partial charge in [0, 0.05) is 31.9 Å². The molecule has 2 aliphatic rings. The summed E-state index contributed by atoms with van der Waals surface area (Å²) in [7, 11) is 0. The minimum absolute atomic E-state index is 0.0583. The number of halogens is 2. The molecule has 2 aromatic rings. The molecule has 1 atom stereocenters. The van der Waals surface area contributed by atoms with E-state index in [1.165, 1.54) is 24.3 Å². The van der Waals surface area contributed by atoms with E-state index >= 15 is 0 Å². The summed E-state index contributed by atoms with van der Waals surface area (Å²) in [6, 6.07) is 14.0. The first-order valence-electron chi connectivity index (χ1n) is 10.2. The van der Waals surface area contributed by atoms with Crippen LogP contribution in [0.4, 0.5) is 14.5 Å². The Kier molecular flexibility index (Phi) is 5.82. The molecule has 0 aliphatic carbocycles. The van der Waals surface area contributed by atoms with Crippen LogP contribution in [-0.2, 0) is 9.53 Å². The monoisotopic (exact) mass is 436 g/mol. The minimum atomic E-state index is -0.739. The van der Waals surface area contributed by atoms with Crippen LogP contribution >= 0.6 is 0 Å². The second-order valence-corrected chi connectivity index (χ2v) is 7.70. The highest BCUT2D eigenvalue weighted by atomic mass is 19.1. The average molecular weight is 436 g/mol. The number of hydrogen-bond acceptors (Lipinski definition) is 5. The molecule has 4 rings (SSSR count). The van der Waals surface area contributed by atoms with Crippen molar-refractivity contribution in [3.63, 3.8) is 0 Å². The zero-order chi connectivity index (χ0) is 22.8. The van der Waals surface area contributed by atoms with Crippen molar-refractivity contribution in [2.75, 3.05) is 31.1 Å². The lowest BCUT2D eigenvalue weighted by Crippen LogP contribution is -2.50. The fourth-order valence-electron chi connectivity index (χ4n) is 4.14. The second kappa shape index (κ2) is 8.71. The topological polar surface area (TPSA) is 82.6 Å². The van der Waals surface area contributed by atoms with Crippen molar-refractivity contribution >= 4 is 11.6 Å². The number of nitrogens with zero attached hydrogens (tertiary/aromatic N) is 3. The molecule has 6 nitrogen and oxygen atoms in total. The number of amides is 1. The highest BCUT2D eigenvalue weighted by Gasteiger charge is 2.38. The van der Waals surface area contributed by atoms with Crippen molar-refractivity contribution < 1.29 is 18.3 Å². The smallest absolute Gasteiger partial charge is 0.254 e. The third kappa shape index (κ3) is 4.02. The predicted octanol–water partition coefficient (Wildman–Crippen LogP) is 3.40. The van der Waals surface area contributed by atoms with Crippen LogP contribution in [-0.4, -0.2) is 37.0 Å². The molecular formula is C24H22F2N4O2. The summed E-state index contributed by atoms with van der Waals surface area (Å²) in [6.07, 6.45) is 0. The largest absolute Gasteiger partial charge is 0.445 e. The fraction of sp³-hybridized carbons (Fsp3) is 0.250. The predicted molar refractivity (Wildman–Crippen MR) is 115 cm³/mol. The number of nitrogens with two attached hydrogens (primary N) is 1. The van der Waals surface area contributed by atoms with Crippen molar-refractivity contribution in [1.29, 1.82) is 5.26 Å². The molecule has 1 saturated heterocycles. The van der Waals surface area contributed by atoms with Crippen LogP contribution in [0.2, 0.25) is 0 Å². The molecule has 0 aromatic heterocycles. The van der Waals surface area contributed by atoms with Gasteiger partial charge in [0.1, 0.15) is 29.0 Å². The maximum absolute atomic E-state index is 13.5. The van der Waals surface area contributed by atoms with Crippen molar-refractivity contribution in [3.8, 4) is 6.07 Å². The van der Waals surface area contributed by atoms with E-state index < -0.39 is 11.7 Å². The summed E-state index contributed by atoms with van der Waals surface area (Å²) in [5.41, 5.74) is 7.85. The molecule has 164 valence electrons. The highest BCUT2D eigenvalue weighted by molar-refractivity contribution is 5.97. The van der Waals surface area contributed by atoms with Gasteiger partial charge in [0.15, 0.2) is 0 Å². The number of carbonyl (C=O) groups excluding carboxylic acids is 1. The van der Waals surface area contributed by atoms with E-state index in [1.54, 1.807) is 36.1 Å². The third-order valence-corrected chi connectivity index (χ3v) is 5.80. The van der Waals surface area contributed by atoms with E-state index in [0.29, 0.717) is 43.1 Å². The lowest BCUT2D eigenvalue weighted by Gasteiger charge is -2.38. The van der Waals surface area contributed by atoms with Crippen LogP contribution in [0.3, 0.4) is 0 Å². The van der Waals surface area contributed by atoms with Gasteiger partial charge in [0.2, 0.25) is 5.88 Å². The zero-order valence-corrected chi connectivity index (χ0v) is 17.5. The maximum atomic E-state index is 13.5. The van der Waals surface area contributed by atoms with E-state index in [1.807, 2.05) is 0 Å². The number of allylic oxidation sites excluding steroid dienone is 2. The molecule has 2 heterocycles. The second-order valence-electron chi connectivity index (χ2n) is 7.70. The molecule has 0 bridgehead atoms. The zero-order valence-electron chi connectivity index (χ0n) is 17.5. The number of nitriles is 1. The number of anilines is 1. The van der Waals surface area contributed by atoms with Gasteiger partial charge in [-0.25, -0.2) is 8.78 Å². The molecule has 0 spiro atoms. The molecule has 2 N–H and O–H groups in total. The lowest BCUT2D eigenvalue weighted by atomic mass is 9.82. The molecule has 32 heavy (non-hydrogen) atoms. The molecule has 0 saturated carbocycles. The van der Waals surface area contributed by atoms with Gasteiger partial charge in [-0.1, -0.05) is 12.1 Å². The first-order valence-corrected chi connectivity index (χ1v) is 10.2. The molecule has 2 aliphatic heterocycles. The van der Waals surface area contributed by atoms with Gasteiger partial charge in [0.25, 0.3) is 5.91 Å². The summed E-state index contributed by atoms with van der Waals surface area (Å²) in [5.74, 6) is -1.44. The summed E-state index contributed by atoms with van der Waals surface area (Å²) < 4.78 is 32.2. The van der Waals surface area contributed by atoms with Gasteiger partial charge in [-0.05, 0) is 48.9 Å². The first-order chi connectivity index (χ1) is 15.4. The molecule has 1 amide bonds. The molecule has 0 radical (unpaired) electrons. The van der Waals surface area contributed by atoms with Gasteiger partial charge in [-0.15, -0.1) is 0 Å². The van der Waals surface area contributed by atoms with E-state index in [-0.39, 0.29) is 23.2 Å². The number of hydrogen-bond donors (Lipinski definition) is 1. The molecule has 8 heteroatoms. The lowest BCUT2D eigenvalue weighted by molar-refractivity contribution is -0.128. The average Bonchev–Trinajstić information content (AvgIpc) is 2.79. The van der Waals surface area contributed by atoms with Gasteiger partial charge in [-0.2, -0.15) is 5.26 Å². The van der Waals surface area contributed by atoms with Gasteiger partial charge >= 0.3 is 0 Å². The number of rotatable bonds is 3. The number of benzene rings is 2. The van der Waals surface area contributed by atoms with E-state index in [2.05, 4.69) is 11.0 Å². The first kappa shape index (κ1) is 21.4. The highest BCUT2D eigenvalue weighted by Crippen LogP contribution is 2.40. The van der Waals surface area contributed by atoms with Crippen LogP contribution in [0.1, 0.15) is 18.4 Å². The van der Waals surface area contributed by atoms with Crippen molar-refractivity contribution in [1.82, 2.24) is 4.90 Å². The molecule has 1 fully saturated rings. The van der Waals surface area contributed by atoms with E-state index in [4.69, 9.17) is 10.5 Å². The van der Waals surface area contributed by atoms with Crippen molar-refractivity contribution in [2.45, 2.75) is 12.8 Å². The third-order valence-electron chi connectivity index (χ3n) is 5.80. The molecule has 2 aromatic carbocycles. The summed E-state index contributed by atoms with van der Waals surface area (Å²) >= 11 is 0. The van der Waals surface area contributed by atoms with Gasteiger partial charge in [0.05, 0.1) is 11.5 Å². The maximum Gasteiger partial charge on any atom is 0.254 e. The fourth-order valence-corrected chi connectivity index (χ4v) is 4.14. The SMILES string of the molecule is CC1=C(C(=O)N2CCN(c3ccc(F)cc3)CC2)C(c2ccc(F)cc2)C(C#N)=C(N)O1. The minimum Gasteiger partial charge on any atom is -0.445 e.